The van der Waals surface area contributed by atoms with Crippen LogP contribution in [0.4, 0.5) is 0 Å². The van der Waals surface area contributed by atoms with E-state index in [1.807, 2.05) is 0 Å². The molecule has 1 aromatic heterocycles. The van der Waals surface area contributed by atoms with Crippen LogP contribution in [0.5, 0.6) is 0 Å². The minimum absolute atomic E-state index is 0.0692. The van der Waals surface area contributed by atoms with Crippen LogP contribution in [-0.4, -0.2) is 107 Å². The van der Waals surface area contributed by atoms with Crippen molar-refractivity contribution < 1.29 is 39.2 Å². The molecule has 0 saturated carbocycles. The van der Waals surface area contributed by atoms with Crippen molar-refractivity contribution >= 4 is 59.1 Å². The predicted molar refractivity (Wildman–Crippen MR) is 122 cm³/mol. The molecular weight excluding hydrogens is 514 g/mol. The number of aryl methyl sites for hydroxylation is 1. The molecule has 0 aliphatic carbocycles. The predicted octanol–water partition coefficient (Wildman–Crippen LogP) is -2.01. The van der Waals surface area contributed by atoms with E-state index in [4.69, 9.17) is 15.6 Å². The van der Waals surface area contributed by atoms with Gasteiger partial charge in [0.05, 0.1) is 5.75 Å². The number of methoxy groups -OCH3 is 1. The summed E-state index contributed by atoms with van der Waals surface area (Å²) in [5.74, 6) is -4.84. The van der Waals surface area contributed by atoms with Crippen LogP contribution >= 0.6 is 35.3 Å². The molecule has 15 nitrogen and oxygen atoms in total. The summed E-state index contributed by atoms with van der Waals surface area (Å²) in [6.45, 7) is 0. The Labute approximate surface area is 205 Å². The topological polar surface area (TPSA) is 232 Å². The van der Waals surface area contributed by atoms with Gasteiger partial charge < -0.3 is 36.4 Å². The summed E-state index contributed by atoms with van der Waals surface area (Å²) in [5, 5.41) is 43.6. The molecular formula is C16H23N7O8S3. The fourth-order valence-corrected chi connectivity index (χ4v) is 5.72. The van der Waals surface area contributed by atoms with Gasteiger partial charge in [0, 0.05) is 31.4 Å². The Morgan fingerprint density at radius 1 is 1.38 bits per heavy atom. The van der Waals surface area contributed by atoms with Crippen molar-refractivity contribution in [1.29, 1.82) is 0 Å². The summed E-state index contributed by atoms with van der Waals surface area (Å²) >= 11 is 3.15. The smallest absolute Gasteiger partial charge is 0.360 e. The molecule has 1 aromatic rings. The van der Waals surface area contributed by atoms with Crippen LogP contribution in [0, 0.1) is 0 Å². The lowest BCUT2D eigenvalue weighted by Crippen LogP contribution is -2.67. The average molecular weight is 538 g/mol. The minimum atomic E-state index is -2.30. The number of aromatic nitrogens is 4. The van der Waals surface area contributed by atoms with Crippen LogP contribution in [0.3, 0.4) is 0 Å². The van der Waals surface area contributed by atoms with Gasteiger partial charge in [-0.1, -0.05) is 11.8 Å². The molecule has 0 fully saturated rings. The highest BCUT2D eigenvalue weighted by Crippen LogP contribution is 2.33. The van der Waals surface area contributed by atoms with Crippen LogP contribution < -0.4 is 16.4 Å². The molecule has 0 radical (unpaired) electrons. The number of carbonyl (C=O) groups excluding carboxylic acids is 1. The molecule has 0 unspecified atom stereocenters. The zero-order chi connectivity index (χ0) is 25.5. The summed E-state index contributed by atoms with van der Waals surface area (Å²) < 4.78 is 6.61. The van der Waals surface area contributed by atoms with E-state index in [1.165, 1.54) is 16.4 Å². The molecule has 1 aliphatic rings. The van der Waals surface area contributed by atoms with E-state index in [9.17, 15) is 29.4 Å². The van der Waals surface area contributed by atoms with E-state index in [-0.39, 0.29) is 28.7 Å². The van der Waals surface area contributed by atoms with Crippen molar-refractivity contribution in [3.63, 3.8) is 0 Å². The maximum atomic E-state index is 12.4. The zero-order valence-corrected chi connectivity index (χ0v) is 20.4. The van der Waals surface area contributed by atoms with Gasteiger partial charge in [-0.15, -0.1) is 28.6 Å². The monoisotopic (exact) mass is 537 g/mol. The Kier molecular flexibility index (Phi) is 9.98. The number of carboxylic acid groups (broad SMARTS) is 3. The first-order valence-electron chi connectivity index (χ1n) is 9.36. The lowest BCUT2D eigenvalue weighted by atomic mass is 10.1. The van der Waals surface area contributed by atoms with E-state index in [0.29, 0.717) is 10.7 Å². The summed E-state index contributed by atoms with van der Waals surface area (Å²) in [6.07, 6.45) is 0. The standard InChI is InChI=1S/C16H23N7O8S3/c1-23-15(20-21-22-23)34-4-7-3-33-13(18-10(7)12(27)28)16(31-2,14(29)30)19-9(24)6-32-5-8(17)11(25)26/h8,13,18H,3-6,17H2,1-2H3,(H,19,24)(H,25,26)(H,27,28)(H,29,30)/t8-,13-,16-/m1/s1. The third kappa shape index (κ3) is 6.75. The normalized spacial score (nSPS) is 18.5. The largest absolute Gasteiger partial charge is 0.480 e. The maximum absolute atomic E-state index is 12.4. The number of hydrogen-bond donors (Lipinski definition) is 6. The number of carbonyl (C=O) groups is 4. The summed E-state index contributed by atoms with van der Waals surface area (Å²) in [5.41, 5.74) is 3.34. The SMILES string of the molecule is CO[C@@](NC(=O)CSC[C@@H](N)C(=O)O)(C(=O)O)[C@@H]1NC(C(=O)O)=C(CSc2nnnn2C)CS1. The fourth-order valence-electron chi connectivity index (χ4n) is 2.64. The van der Waals surface area contributed by atoms with Gasteiger partial charge in [-0.25, -0.2) is 14.3 Å². The van der Waals surface area contributed by atoms with Gasteiger partial charge in [0.15, 0.2) is 0 Å². The number of hydrogen-bond acceptors (Lipinski definition) is 13. The van der Waals surface area contributed by atoms with Crippen molar-refractivity contribution in [3.8, 4) is 0 Å². The zero-order valence-electron chi connectivity index (χ0n) is 18.0. The first kappa shape index (κ1) is 27.7. The highest BCUT2D eigenvalue weighted by atomic mass is 32.2. The molecule has 0 spiro atoms. The molecule has 1 aliphatic heterocycles. The number of nitrogens with two attached hydrogens (primary N) is 1. The summed E-state index contributed by atoms with van der Waals surface area (Å²) in [4.78, 5) is 47.2. The Balaban J connectivity index is 2.15. The molecule has 0 aromatic carbocycles. The Bertz CT molecular complexity index is 974. The second kappa shape index (κ2) is 12.2. The van der Waals surface area contributed by atoms with Gasteiger partial charge in [-0.05, 0) is 16.0 Å². The van der Waals surface area contributed by atoms with Crippen LogP contribution in [0.15, 0.2) is 16.4 Å². The average Bonchev–Trinajstić information content (AvgIpc) is 3.20. The molecule has 1 amide bonds. The first-order valence-corrected chi connectivity index (χ1v) is 12.5. The lowest BCUT2D eigenvalue weighted by Gasteiger charge is -2.39. The van der Waals surface area contributed by atoms with E-state index >= 15 is 0 Å². The van der Waals surface area contributed by atoms with E-state index < -0.39 is 41.0 Å². The van der Waals surface area contributed by atoms with Crippen LogP contribution in [0.25, 0.3) is 0 Å². The Morgan fingerprint density at radius 2 is 2.09 bits per heavy atom. The van der Waals surface area contributed by atoms with Crippen LogP contribution in [-0.2, 0) is 31.0 Å². The van der Waals surface area contributed by atoms with Crippen molar-refractivity contribution in [1.82, 2.24) is 30.8 Å². The van der Waals surface area contributed by atoms with Crippen molar-refractivity contribution in [2.24, 2.45) is 12.8 Å². The third-order valence-corrected chi connectivity index (χ3v) is 7.86. The maximum Gasteiger partial charge on any atom is 0.360 e. The van der Waals surface area contributed by atoms with E-state index in [1.54, 1.807) is 7.05 Å². The third-order valence-electron chi connectivity index (χ3n) is 4.41. The summed E-state index contributed by atoms with van der Waals surface area (Å²) in [7, 11) is 2.70. The van der Waals surface area contributed by atoms with E-state index in [0.717, 1.165) is 30.6 Å². The van der Waals surface area contributed by atoms with Crippen molar-refractivity contribution in [3.05, 3.63) is 11.3 Å². The number of ether oxygens (including phenoxy) is 1. The van der Waals surface area contributed by atoms with Crippen molar-refractivity contribution in [2.45, 2.75) is 22.3 Å². The molecule has 0 bridgehead atoms. The minimum Gasteiger partial charge on any atom is -0.480 e. The number of aliphatic carboxylic acids is 3. The Hall–Kier alpha value is -2.54. The molecule has 2 rings (SSSR count). The first-order chi connectivity index (χ1) is 16.0. The number of thioether (sulfide) groups is 3. The van der Waals surface area contributed by atoms with Gasteiger partial charge in [-0.3, -0.25) is 9.59 Å². The quantitative estimate of drug-likeness (QED) is 0.118. The Morgan fingerprint density at radius 3 is 2.62 bits per heavy atom. The number of amides is 1. The number of tetrazole rings is 1. The number of nitrogens with zero attached hydrogens (tertiary/aromatic N) is 4. The van der Waals surface area contributed by atoms with Crippen LogP contribution in [0.2, 0.25) is 0 Å². The molecule has 34 heavy (non-hydrogen) atoms. The molecule has 2 heterocycles. The van der Waals surface area contributed by atoms with Gasteiger partial charge in [-0.2, -0.15) is 0 Å². The molecule has 7 N–H and O–H groups in total. The van der Waals surface area contributed by atoms with Crippen LogP contribution in [0.1, 0.15) is 0 Å². The highest BCUT2D eigenvalue weighted by Gasteiger charge is 2.51. The van der Waals surface area contributed by atoms with Gasteiger partial charge in [0.25, 0.3) is 5.72 Å². The molecule has 18 heteroatoms. The number of nitrogens with one attached hydrogen (secondary N) is 2. The number of rotatable bonds is 13. The second-order valence-electron chi connectivity index (χ2n) is 6.75. The summed E-state index contributed by atoms with van der Waals surface area (Å²) in [6, 6.07) is -1.18. The lowest BCUT2D eigenvalue weighted by molar-refractivity contribution is -0.170. The highest BCUT2D eigenvalue weighted by molar-refractivity contribution is 8.01. The molecule has 0 saturated heterocycles. The molecule has 3 atom stereocenters. The fraction of sp³-hybridized carbons (Fsp3) is 0.562. The molecule has 188 valence electrons. The number of carboxylic acids is 3. The van der Waals surface area contributed by atoms with Gasteiger partial charge in [0.2, 0.25) is 11.1 Å². The van der Waals surface area contributed by atoms with Gasteiger partial charge in [0.1, 0.15) is 17.1 Å². The van der Waals surface area contributed by atoms with E-state index in [2.05, 4.69) is 26.2 Å². The van der Waals surface area contributed by atoms with Gasteiger partial charge >= 0.3 is 17.9 Å². The second-order valence-corrected chi connectivity index (χ2v) is 9.81. The van der Waals surface area contributed by atoms with Crippen molar-refractivity contribution in [2.75, 3.05) is 30.1 Å².